The number of fused-ring (bicyclic) bond motifs is 3. The molecule has 0 amide bonds. The highest BCUT2D eigenvalue weighted by Gasteiger charge is 2.12. The summed E-state index contributed by atoms with van der Waals surface area (Å²) >= 11 is 11.0. The van der Waals surface area contributed by atoms with Crippen LogP contribution in [0.2, 0.25) is 0 Å². The lowest BCUT2D eigenvalue weighted by Crippen LogP contribution is -1.79. The van der Waals surface area contributed by atoms with Crippen LogP contribution in [0.5, 0.6) is 0 Å². The average Bonchev–Trinajstić information content (AvgIpc) is 2.90. The van der Waals surface area contributed by atoms with E-state index in [1.807, 2.05) is 17.4 Å². The topological polar surface area (TPSA) is 0 Å². The van der Waals surface area contributed by atoms with Gasteiger partial charge in [-0.2, -0.15) is 0 Å². The lowest BCUT2D eigenvalue weighted by atomic mass is 10.1. The van der Waals surface area contributed by atoms with Crippen LogP contribution < -0.4 is 0 Å². The molecule has 108 valence electrons. The predicted octanol–water partition coefficient (Wildman–Crippen LogP) is 7.73. The summed E-state index contributed by atoms with van der Waals surface area (Å²) in [5.41, 5.74) is 0. The number of hydrogen-bond donors (Lipinski definition) is 0. The molecule has 4 rings (SSSR count). The van der Waals surface area contributed by atoms with Crippen LogP contribution in [-0.4, -0.2) is 0 Å². The van der Waals surface area contributed by atoms with Crippen LogP contribution in [0.4, 0.5) is 0 Å². The molecule has 3 aromatic carbocycles. The smallest absolute Gasteiger partial charge is 0.0406 e. The Morgan fingerprint density at radius 3 is 2.23 bits per heavy atom. The van der Waals surface area contributed by atoms with E-state index in [0.29, 0.717) is 0 Å². The Morgan fingerprint density at radius 1 is 0.727 bits per heavy atom. The molecule has 0 nitrogen and oxygen atoms in total. The summed E-state index contributed by atoms with van der Waals surface area (Å²) in [5, 5.41) is 2.70. The van der Waals surface area contributed by atoms with Crippen molar-refractivity contribution in [2.24, 2.45) is 0 Å². The molecule has 0 saturated heterocycles. The van der Waals surface area contributed by atoms with Crippen molar-refractivity contribution in [2.75, 3.05) is 0 Å². The molecule has 0 saturated carbocycles. The maximum absolute atomic E-state index is 3.66. The first kappa shape index (κ1) is 14.8. The zero-order valence-corrected chi connectivity index (χ0v) is 16.2. The van der Waals surface area contributed by atoms with Crippen molar-refractivity contribution in [2.45, 2.75) is 9.79 Å². The highest BCUT2D eigenvalue weighted by Crippen LogP contribution is 2.45. The molecule has 1 aromatic heterocycles. The summed E-state index contributed by atoms with van der Waals surface area (Å²) in [6.07, 6.45) is 0. The molecule has 1 heterocycles. The highest BCUT2D eigenvalue weighted by atomic mass is 79.9. The fraction of sp³-hybridized carbons (Fsp3) is 0. The van der Waals surface area contributed by atoms with E-state index < -0.39 is 0 Å². The molecule has 0 fully saturated rings. The summed E-state index contributed by atoms with van der Waals surface area (Å²) in [7, 11) is 0. The van der Waals surface area contributed by atoms with Gasteiger partial charge in [0.25, 0.3) is 0 Å². The van der Waals surface area contributed by atoms with Crippen molar-refractivity contribution >= 4 is 75.1 Å². The van der Waals surface area contributed by atoms with Gasteiger partial charge in [-0.15, -0.1) is 11.3 Å². The Kier molecular flexibility index (Phi) is 4.03. The molecule has 0 aliphatic rings. The molecular formula is C18H10Br2S2. The minimum absolute atomic E-state index is 1.11. The van der Waals surface area contributed by atoms with Crippen molar-refractivity contribution < 1.29 is 0 Å². The van der Waals surface area contributed by atoms with E-state index in [4.69, 9.17) is 0 Å². The quantitative estimate of drug-likeness (QED) is 0.301. The molecule has 0 aliphatic carbocycles. The van der Waals surface area contributed by atoms with Crippen molar-refractivity contribution in [3.8, 4) is 0 Å². The van der Waals surface area contributed by atoms with Crippen LogP contribution in [0.3, 0.4) is 0 Å². The van der Waals surface area contributed by atoms with E-state index in [9.17, 15) is 0 Å². The zero-order chi connectivity index (χ0) is 15.1. The van der Waals surface area contributed by atoms with Crippen molar-refractivity contribution in [3.63, 3.8) is 0 Å². The van der Waals surface area contributed by atoms with Gasteiger partial charge in [-0.05, 0) is 62.2 Å². The lowest BCUT2D eigenvalue weighted by Gasteiger charge is -2.08. The van der Waals surface area contributed by atoms with Crippen LogP contribution in [0.15, 0.2) is 79.4 Å². The molecule has 4 heteroatoms. The summed E-state index contributed by atoms with van der Waals surface area (Å²) in [6, 6.07) is 21.4. The highest BCUT2D eigenvalue weighted by molar-refractivity contribution is 9.11. The van der Waals surface area contributed by atoms with Gasteiger partial charge in [0.2, 0.25) is 0 Å². The number of rotatable bonds is 2. The van der Waals surface area contributed by atoms with Gasteiger partial charge in [-0.25, -0.2) is 0 Å². The van der Waals surface area contributed by atoms with E-state index in [0.717, 1.165) is 8.95 Å². The first-order valence-corrected chi connectivity index (χ1v) is 9.98. The van der Waals surface area contributed by atoms with Crippen LogP contribution >= 0.6 is 55.0 Å². The molecule has 0 bridgehead atoms. The molecule has 0 aliphatic heterocycles. The van der Waals surface area contributed by atoms with Crippen molar-refractivity contribution in [3.05, 3.63) is 69.6 Å². The van der Waals surface area contributed by atoms with E-state index >= 15 is 0 Å². The van der Waals surface area contributed by atoms with E-state index in [1.54, 1.807) is 11.8 Å². The molecule has 0 unspecified atom stereocenters. The van der Waals surface area contributed by atoms with Crippen LogP contribution in [0.25, 0.3) is 20.2 Å². The van der Waals surface area contributed by atoms with Crippen LogP contribution in [0, 0.1) is 0 Å². The maximum atomic E-state index is 3.66. The largest absolute Gasteiger partial charge is 0.135 e. The number of thiophene rings is 1. The molecule has 0 N–H and O–H groups in total. The van der Waals surface area contributed by atoms with Crippen LogP contribution in [0.1, 0.15) is 0 Å². The third-order valence-corrected chi connectivity index (χ3v) is 7.68. The molecule has 22 heavy (non-hydrogen) atoms. The Hall–Kier alpha value is -0.810. The predicted molar refractivity (Wildman–Crippen MR) is 105 cm³/mol. The Bertz CT molecular complexity index is 969. The minimum Gasteiger partial charge on any atom is -0.135 e. The van der Waals surface area contributed by atoms with Gasteiger partial charge in [0.1, 0.15) is 0 Å². The molecule has 0 spiro atoms. The summed E-state index contributed by atoms with van der Waals surface area (Å²) in [5.74, 6) is 0. The van der Waals surface area contributed by atoms with Gasteiger partial charge in [0.05, 0.1) is 0 Å². The number of benzene rings is 3. The minimum atomic E-state index is 1.11. The van der Waals surface area contributed by atoms with Gasteiger partial charge in [-0.1, -0.05) is 42.1 Å². The zero-order valence-electron chi connectivity index (χ0n) is 11.3. The first-order valence-electron chi connectivity index (χ1n) is 6.76. The van der Waals surface area contributed by atoms with E-state index in [1.165, 1.54) is 30.0 Å². The number of hydrogen-bond acceptors (Lipinski definition) is 2. The van der Waals surface area contributed by atoms with Gasteiger partial charge in [-0.3, -0.25) is 0 Å². The third kappa shape index (κ3) is 2.52. The standard InChI is InChI=1S/C18H10Br2S2/c19-12-6-3-7-13(20)18(12)22-16-10-4-9-15-17(16)11-5-1-2-8-14(11)21-15/h1-10H. The lowest BCUT2D eigenvalue weighted by molar-refractivity contribution is 1.35. The normalized spacial score (nSPS) is 11.4. The van der Waals surface area contributed by atoms with Gasteiger partial charge in [0, 0.05) is 38.9 Å². The molecule has 0 radical (unpaired) electrons. The summed E-state index contributed by atoms with van der Waals surface area (Å²) in [4.78, 5) is 2.51. The molecular weight excluding hydrogens is 440 g/mol. The second-order valence-electron chi connectivity index (χ2n) is 4.88. The fourth-order valence-corrected chi connectivity index (χ4v) is 6.22. The maximum Gasteiger partial charge on any atom is 0.0406 e. The first-order chi connectivity index (χ1) is 10.7. The Labute approximate surface area is 153 Å². The van der Waals surface area contributed by atoms with Gasteiger partial charge >= 0.3 is 0 Å². The average molecular weight is 450 g/mol. The Balaban J connectivity index is 1.95. The second-order valence-corrected chi connectivity index (χ2v) is 8.73. The number of halogens is 2. The van der Waals surface area contributed by atoms with Crippen molar-refractivity contribution in [1.82, 2.24) is 0 Å². The van der Waals surface area contributed by atoms with Crippen LogP contribution in [-0.2, 0) is 0 Å². The van der Waals surface area contributed by atoms with Crippen molar-refractivity contribution in [1.29, 1.82) is 0 Å². The molecule has 0 atom stereocenters. The second kappa shape index (κ2) is 6.00. The summed E-state index contributed by atoms with van der Waals surface area (Å²) in [6.45, 7) is 0. The summed E-state index contributed by atoms with van der Waals surface area (Å²) < 4.78 is 4.91. The monoisotopic (exact) mass is 448 g/mol. The van der Waals surface area contributed by atoms with E-state index in [-0.39, 0.29) is 0 Å². The molecule has 4 aromatic rings. The van der Waals surface area contributed by atoms with Gasteiger partial charge < -0.3 is 0 Å². The van der Waals surface area contributed by atoms with Gasteiger partial charge in [0.15, 0.2) is 0 Å². The van der Waals surface area contributed by atoms with E-state index in [2.05, 4.69) is 86.5 Å². The third-order valence-electron chi connectivity index (χ3n) is 3.50. The SMILES string of the molecule is Brc1cccc(Br)c1Sc1cccc2sc3ccccc3c12. The fourth-order valence-electron chi connectivity index (χ4n) is 2.52. The Morgan fingerprint density at radius 2 is 1.41 bits per heavy atom.